The summed E-state index contributed by atoms with van der Waals surface area (Å²) in [5.41, 5.74) is 0.661. The maximum atomic E-state index is 11.6. The van der Waals surface area contributed by atoms with E-state index in [0.717, 1.165) is 0 Å². The van der Waals surface area contributed by atoms with Gasteiger partial charge >= 0.3 is 0 Å². The van der Waals surface area contributed by atoms with Gasteiger partial charge < -0.3 is 0 Å². The van der Waals surface area contributed by atoms with Gasteiger partial charge in [-0.05, 0) is 24.3 Å². The predicted octanol–water partition coefficient (Wildman–Crippen LogP) is 2.02. The Balaban J connectivity index is 2.52. The first kappa shape index (κ1) is 10.7. The molecule has 2 rings (SSSR count). The van der Waals surface area contributed by atoms with Crippen LogP contribution in [-0.4, -0.2) is 15.6 Å². The highest BCUT2D eigenvalue weighted by atomic mass is 35.5. The van der Waals surface area contributed by atoms with E-state index >= 15 is 0 Å². The summed E-state index contributed by atoms with van der Waals surface area (Å²) in [4.78, 5) is 22.7. The van der Waals surface area contributed by atoms with Crippen molar-refractivity contribution in [1.29, 1.82) is 0 Å². The molecule has 0 saturated carbocycles. The Labute approximate surface area is 96.5 Å². The third-order valence-corrected chi connectivity index (χ3v) is 2.44. The first-order valence-electron chi connectivity index (χ1n) is 4.67. The van der Waals surface area contributed by atoms with Crippen LogP contribution in [0.4, 0.5) is 0 Å². The van der Waals surface area contributed by atoms with Crippen LogP contribution < -0.4 is 5.56 Å². The van der Waals surface area contributed by atoms with Crippen LogP contribution in [0, 0.1) is 0 Å². The molecule has 0 bridgehead atoms. The zero-order valence-electron chi connectivity index (χ0n) is 8.53. The number of hydrogen-bond donors (Lipinski definition) is 1. The largest absolute Gasteiger partial charge is 0.293 e. The molecule has 1 heterocycles. The van der Waals surface area contributed by atoms with E-state index in [4.69, 9.17) is 11.6 Å². The van der Waals surface area contributed by atoms with Gasteiger partial charge in [0.1, 0.15) is 5.69 Å². The Hall–Kier alpha value is -1.81. The van der Waals surface area contributed by atoms with E-state index in [0.29, 0.717) is 16.4 Å². The maximum absolute atomic E-state index is 11.6. The van der Waals surface area contributed by atoms with E-state index in [1.54, 1.807) is 24.3 Å². The van der Waals surface area contributed by atoms with Crippen LogP contribution in [0.25, 0.3) is 5.69 Å². The van der Waals surface area contributed by atoms with E-state index in [9.17, 15) is 9.59 Å². The molecule has 4 nitrogen and oxygen atoms in total. The molecule has 0 saturated heterocycles. The minimum atomic E-state index is -0.271. The number of hydrogen-bond acceptors (Lipinski definition) is 2. The van der Waals surface area contributed by atoms with Gasteiger partial charge in [-0.1, -0.05) is 11.6 Å². The van der Waals surface area contributed by atoms with Crippen LogP contribution in [0.1, 0.15) is 17.4 Å². The molecule has 2 aromatic rings. The second-order valence-electron chi connectivity index (χ2n) is 3.38. The predicted molar refractivity (Wildman–Crippen MR) is 61.4 cm³/mol. The number of nitrogens with zero attached hydrogens (tertiary/aromatic N) is 1. The number of carbonyl (C=O) groups is 1. The minimum Gasteiger partial charge on any atom is -0.293 e. The van der Waals surface area contributed by atoms with Crippen LogP contribution >= 0.6 is 11.6 Å². The molecule has 0 amide bonds. The van der Waals surface area contributed by atoms with Crippen molar-refractivity contribution < 1.29 is 4.79 Å². The van der Waals surface area contributed by atoms with Crippen LogP contribution in [0.15, 0.2) is 35.1 Å². The fourth-order valence-electron chi connectivity index (χ4n) is 1.36. The number of aromatic nitrogens is 2. The maximum Gasteiger partial charge on any atom is 0.271 e. The molecule has 1 aromatic heterocycles. The first-order chi connectivity index (χ1) is 7.58. The average molecular weight is 237 g/mol. The Morgan fingerprint density at radius 3 is 2.44 bits per heavy atom. The lowest BCUT2D eigenvalue weighted by Gasteiger charge is -2.01. The molecule has 1 aromatic carbocycles. The van der Waals surface area contributed by atoms with E-state index in [-0.39, 0.29) is 11.3 Å². The number of rotatable bonds is 2. The molecule has 0 spiro atoms. The minimum absolute atomic E-state index is 0.176. The molecule has 0 aliphatic heterocycles. The summed E-state index contributed by atoms with van der Waals surface area (Å²) in [5.74, 6) is -0.176. The summed E-state index contributed by atoms with van der Waals surface area (Å²) >= 11 is 5.74. The highest BCUT2D eigenvalue weighted by Gasteiger charge is 2.07. The lowest BCUT2D eigenvalue weighted by molar-refractivity contribution is 0.101. The Bertz CT molecular complexity index is 581. The first-order valence-corrected chi connectivity index (χ1v) is 5.04. The summed E-state index contributed by atoms with van der Waals surface area (Å²) in [6.07, 6.45) is 0. The fourth-order valence-corrected chi connectivity index (χ4v) is 1.48. The van der Waals surface area contributed by atoms with Gasteiger partial charge in [-0.25, -0.2) is 4.68 Å². The molecule has 0 atom stereocenters. The van der Waals surface area contributed by atoms with Gasteiger partial charge in [0, 0.05) is 18.0 Å². The Morgan fingerprint density at radius 2 is 1.94 bits per heavy atom. The second kappa shape index (κ2) is 3.98. The number of nitrogens with one attached hydrogen (secondary N) is 1. The van der Waals surface area contributed by atoms with E-state index < -0.39 is 0 Å². The molecule has 0 radical (unpaired) electrons. The second-order valence-corrected chi connectivity index (χ2v) is 3.81. The Morgan fingerprint density at radius 1 is 1.31 bits per heavy atom. The molecule has 0 unspecified atom stereocenters. The van der Waals surface area contributed by atoms with E-state index in [2.05, 4.69) is 5.10 Å². The van der Waals surface area contributed by atoms with Crippen molar-refractivity contribution >= 4 is 17.4 Å². The summed E-state index contributed by atoms with van der Waals surface area (Å²) in [7, 11) is 0. The van der Waals surface area contributed by atoms with Gasteiger partial charge in [-0.15, -0.1) is 0 Å². The zero-order chi connectivity index (χ0) is 11.7. The highest BCUT2D eigenvalue weighted by molar-refractivity contribution is 6.30. The van der Waals surface area contributed by atoms with Crippen molar-refractivity contribution in [3.05, 3.63) is 51.4 Å². The van der Waals surface area contributed by atoms with Crippen LogP contribution in [0.3, 0.4) is 0 Å². The lowest BCUT2D eigenvalue weighted by atomic mass is 10.3. The number of Topliss-reactive ketones (excluding diaryl/α,β-unsaturated/α-hetero) is 1. The molecule has 16 heavy (non-hydrogen) atoms. The Kier molecular flexibility index (Phi) is 2.66. The van der Waals surface area contributed by atoms with Crippen molar-refractivity contribution in [2.45, 2.75) is 6.92 Å². The molecule has 1 N–H and O–H groups in total. The summed E-state index contributed by atoms with van der Waals surface area (Å²) in [6, 6.07) is 8.03. The van der Waals surface area contributed by atoms with Crippen LogP contribution in [0.2, 0.25) is 5.02 Å². The van der Waals surface area contributed by atoms with Crippen molar-refractivity contribution in [2.24, 2.45) is 0 Å². The van der Waals surface area contributed by atoms with E-state index in [1.165, 1.54) is 17.7 Å². The van der Waals surface area contributed by atoms with Crippen molar-refractivity contribution in [3.8, 4) is 5.69 Å². The standard InChI is InChI=1S/C11H9ClN2O2/c1-7(15)10-6-11(16)14(13-10)9-4-2-8(12)3-5-9/h2-6,13H,1H3. The molecule has 5 heteroatoms. The number of ketones is 1. The fraction of sp³-hybridized carbons (Fsp3) is 0.0909. The molecule has 0 aliphatic rings. The quantitative estimate of drug-likeness (QED) is 0.811. The van der Waals surface area contributed by atoms with Crippen molar-refractivity contribution in [2.75, 3.05) is 0 Å². The van der Waals surface area contributed by atoms with Gasteiger partial charge in [-0.3, -0.25) is 14.7 Å². The number of halogens is 1. The molecule has 0 fully saturated rings. The number of aromatic amines is 1. The van der Waals surface area contributed by atoms with Crippen molar-refractivity contribution in [1.82, 2.24) is 9.78 Å². The molecule has 0 aliphatic carbocycles. The smallest absolute Gasteiger partial charge is 0.271 e. The lowest BCUT2D eigenvalue weighted by Crippen LogP contribution is -2.13. The summed E-state index contributed by atoms with van der Waals surface area (Å²) in [6.45, 7) is 1.40. The average Bonchev–Trinajstić information content (AvgIpc) is 2.62. The number of benzene rings is 1. The monoisotopic (exact) mass is 236 g/mol. The highest BCUT2D eigenvalue weighted by Crippen LogP contribution is 2.11. The molecular formula is C11H9ClN2O2. The van der Waals surface area contributed by atoms with E-state index in [1.807, 2.05) is 0 Å². The summed E-state index contributed by atoms with van der Waals surface area (Å²) < 4.78 is 1.30. The number of carbonyl (C=O) groups excluding carboxylic acids is 1. The van der Waals surface area contributed by atoms with Crippen molar-refractivity contribution in [3.63, 3.8) is 0 Å². The van der Waals surface area contributed by atoms with Gasteiger partial charge in [0.25, 0.3) is 5.56 Å². The molecular weight excluding hydrogens is 228 g/mol. The third kappa shape index (κ3) is 1.92. The normalized spacial score (nSPS) is 10.4. The van der Waals surface area contributed by atoms with Gasteiger partial charge in [0.15, 0.2) is 5.78 Å². The van der Waals surface area contributed by atoms with Crippen LogP contribution in [0.5, 0.6) is 0 Å². The van der Waals surface area contributed by atoms with Gasteiger partial charge in [0.2, 0.25) is 0 Å². The van der Waals surface area contributed by atoms with Gasteiger partial charge in [0.05, 0.1) is 5.69 Å². The zero-order valence-corrected chi connectivity index (χ0v) is 9.28. The SMILES string of the molecule is CC(=O)c1cc(=O)n(-c2ccc(Cl)cc2)[nH]1. The van der Waals surface area contributed by atoms with Gasteiger partial charge in [-0.2, -0.15) is 0 Å². The summed E-state index contributed by atoms with van der Waals surface area (Å²) in [5, 5.41) is 3.32. The van der Waals surface area contributed by atoms with Crippen LogP contribution in [-0.2, 0) is 0 Å². The number of H-pyrrole nitrogens is 1. The molecule has 82 valence electrons. The third-order valence-electron chi connectivity index (χ3n) is 2.18. The topological polar surface area (TPSA) is 54.9 Å².